The van der Waals surface area contributed by atoms with E-state index in [0.29, 0.717) is 17.8 Å². The minimum Gasteiger partial charge on any atom is -0.351 e. The third-order valence-corrected chi connectivity index (χ3v) is 3.23. The number of aromatic nitrogens is 2. The molecule has 6 heteroatoms. The Kier molecular flexibility index (Phi) is 4.90. The second-order valence-electron chi connectivity index (χ2n) is 5.32. The van der Waals surface area contributed by atoms with Gasteiger partial charge in [0, 0.05) is 18.8 Å². The SMILES string of the molecule is CCNCCNC(=O)c1cc(C)nc2onc(C(C)C)c12. The van der Waals surface area contributed by atoms with Crippen LogP contribution < -0.4 is 10.6 Å². The fourth-order valence-electron chi connectivity index (χ4n) is 2.21. The lowest BCUT2D eigenvalue weighted by Crippen LogP contribution is -2.32. The number of carbonyl (C=O) groups excluding carboxylic acids is 1. The van der Waals surface area contributed by atoms with E-state index >= 15 is 0 Å². The molecular formula is C15H22N4O2. The second kappa shape index (κ2) is 6.67. The van der Waals surface area contributed by atoms with Crippen LogP contribution in [0.5, 0.6) is 0 Å². The van der Waals surface area contributed by atoms with Gasteiger partial charge in [0.2, 0.25) is 0 Å². The molecule has 0 aliphatic rings. The minimum absolute atomic E-state index is 0.117. The van der Waals surface area contributed by atoms with Gasteiger partial charge in [-0.3, -0.25) is 4.79 Å². The Morgan fingerprint density at radius 2 is 2.14 bits per heavy atom. The van der Waals surface area contributed by atoms with Gasteiger partial charge in [0.15, 0.2) is 0 Å². The number of likely N-dealkylation sites (N-methyl/N-ethyl adjacent to an activating group) is 1. The van der Waals surface area contributed by atoms with Gasteiger partial charge in [-0.1, -0.05) is 25.9 Å². The van der Waals surface area contributed by atoms with Crippen molar-refractivity contribution in [2.45, 2.75) is 33.6 Å². The largest absolute Gasteiger partial charge is 0.351 e. The standard InChI is InChI=1S/C15H22N4O2/c1-5-16-6-7-17-14(20)11-8-10(4)18-15-12(11)13(9(2)3)19-21-15/h8-9,16H,5-7H2,1-4H3,(H,17,20). The maximum atomic E-state index is 12.4. The van der Waals surface area contributed by atoms with Crippen LogP contribution in [0.3, 0.4) is 0 Å². The number of carbonyl (C=O) groups is 1. The number of pyridine rings is 1. The van der Waals surface area contributed by atoms with Crippen molar-refractivity contribution < 1.29 is 9.32 Å². The van der Waals surface area contributed by atoms with Crippen molar-refractivity contribution >= 4 is 17.0 Å². The molecule has 2 aromatic heterocycles. The number of hydrogen-bond donors (Lipinski definition) is 2. The molecule has 0 fully saturated rings. The number of amides is 1. The van der Waals surface area contributed by atoms with Gasteiger partial charge in [-0.2, -0.15) is 0 Å². The molecule has 2 N–H and O–H groups in total. The van der Waals surface area contributed by atoms with Gasteiger partial charge in [0.25, 0.3) is 11.6 Å². The van der Waals surface area contributed by atoms with Crippen LogP contribution in [-0.4, -0.2) is 35.7 Å². The number of nitrogens with one attached hydrogen (secondary N) is 2. The highest BCUT2D eigenvalue weighted by atomic mass is 16.5. The summed E-state index contributed by atoms with van der Waals surface area (Å²) >= 11 is 0. The lowest BCUT2D eigenvalue weighted by Gasteiger charge is -2.08. The highest BCUT2D eigenvalue weighted by Crippen LogP contribution is 2.27. The maximum Gasteiger partial charge on any atom is 0.259 e. The van der Waals surface area contributed by atoms with Crippen LogP contribution in [0, 0.1) is 6.92 Å². The Labute approximate surface area is 124 Å². The minimum atomic E-state index is -0.117. The summed E-state index contributed by atoms with van der Waals surface area (Å²) in [6.07, 6.45) is 0. The zero-order valence-corrected chi connectivity index (χ0v) is 13.0. The maximum absolute atomic E-state index is 12.4. The van der Waals surface area contributed by atoms with E-state index in [0.717, 1.165) is 29.9 Å². The lowest BCUT2D eigenvalue weighted by atomic mass is 10.0. The summed E-state index contributed by atoms with van der Waals surface area (Å²) < 4.78 is 5.27. The molecule has 0 spiro atoms. The lowest BCUT2D eigenvalue weighted by molar-refractivity contribution is 0.0955. The average molecular weight is 290 g/mol. The smallest absolute Gasteiger partial charge is 0.259 e. The normalized spacial score (nSPS) is 11.3. The van der Waals surface area contributed by atoms with E-state index in [2.05, 4.69) is 20.8 Å². The molecule has 0 atom stereocenters. The molecule has 0 saturated carbocycles. The molecule has 2 rings (SSSR count). The average Bonchev–Trinajstić information content (AvgIpc) is 2.86. The molecule has 0 aliphatic heterocycles. The summed E-state index contributed by atoms with van der Waals surface area (Å²) in [5.41, 5.74) is 2.52. The monoisotopic (exact) mass is 290 g/mol. The number of fused-ring (bicyclic) bond motifs is 1. The van der Waals surface area contributed by atoms with E-state index in [1.165, 1.54) is 0 Å². The van der Waals surface area contributed by atoms with E-state index in [4.69, 9.17) is 4.52 Å². The highest BCUT2D eigenvalue weighted by molar-refractivity contribution is 6.06. The van der Waals surface area contributed by atoms with E-state index in [1.807, 2.05) is 27.7 Å². The van der Waals surface area contributed by atoms with Crippen molar-refractivity contribution in [1.29, 1.82) is 0 Å². The quantitative estimate of drug-likeness (QED) is 0.795. The van der Waals surface area contributed by atoms with Crippen molar-refractivity contribution in [2.75, 3.05) is 19.6 Å². The number of nitrogens with zero attached hydrogens (tertiary/aromatic N) is 2. The van der Waals surface area contributed by atoms with Crippen LogP contribution >= 0.6 is 0 Å². The van der Waals surface area contributed by atoms with Gasteiger partial charge < -0.3 is 15.2 Å². The van der Waals surface area contributed by atoms with Gasteiger partial charge in [0.1, 0.15) is 0 Å². The van der Waals surface area contributed by atoms with E-state index in [-0.39, 0.29) is 11.8 Å². The molecule has 1 amide bonds. The first-order valence-electron chi connectivity index (χ1n) is 7.30. The van der Waals surface area contributed by atoms with E-state index in [9.17, 15) is 4.79 Å². The number of rotatable bonds is 6. The van der Waals surface area contributed by atoms with Crippen LogP contribution in [0.25, 0.3) is 11.1 Å². The molecule has 2 heterocycles. The van der Waals surface area contributed by atoms with E-state index < -0.39 is 0 Å². The first-order chi connectivity index (χ1) is 10.0. The molecule has 0 bridgehead atoms. The Balaban J connectivity index is 2.32. The van der Waals surface area contributed by atoms with Crippen LogP contribution in [0.4, 0.5) is 0 Å². The molecule has 0 radical (unpaired) electrons. The summed E-state index contributed by atoms with van der Waals surface area (Å²) in [5.74, 6) is 0.0533. The zero-order valence-electron chi connectivity index (χ0n) is 13.0. The molecule has 21 heavy (non-hydrogen) atoms. The summed E-state index contributed by atoms with van der Waals surface area (Å²) in [7, 11) is 0. The van der Waals surface area contributed by atoms with Crippen LogP contribution in [0.1, 0.15) is 48.4 Å². The van der Waals surface area contributed by atoms with Crippen LogP contribution in [0.2, 0.25) is 0 Å². The Morgan fingerprint density at radius 3 is 2.81 bits per heavy atom. The Bertz CT molecular complexity index is 634. The fourth-order valence-corrected chi connectivity index (χ4v) is 2.21. The highest BCUT2D eigenvalue weighted by Gasteiger charge is 2.21. The molecule has 114 valence electrons. The zero-order chi connectivity index (χ0) is 15.4. The molecule has 0 unspecified atom stereocenters. The first kappa shape index (κ1) is 15.4. The molecular weight excluding hydrogens is 268 g/mol. The van der Waals surface area contributed by atoms with Crippen molar-refractivity contribution in [2.24, 2.45) is 0 Å². The first-order valence-corrected chi connectivity index (χ1v) is 7.30. The van der Waals surface area contributed by atoms with Crippen molar-refractivity contribution in [3.05, 3.63) is 23.0 Å². The molecule has 6 nitrogen and oxygen atoms in total. The predicted molar refractivity (Wildman–Crippen MR) is 81.5 cm³/mol. The van der Waals surface area contributed by atoms with Crippen molar-refractivity contribution in [3.8, 4) is 0 Å². The van der Waals surface area contributed by atoms with Gasteiger partial charge in [-0.05, 0) is 25.5 Å². The van der Waals surface area contributed by atoms with Gasteiger partial charge in [-0.15, -0.1) is 0 Å². The van der Waals surface area contributed by atoms with Gasteiger partial charge in [-0.25, -0.2) is 4.98 Å². The summed E-state index contributed by atoms with van der Waals surface area (Å²) in [5, 5.41) is 10.9. The molecule has 0 saturated heterocycles. The molecule has 0 aromatic carbocycles. The van der Waals surface area contributed by atoms with Gasteiger partial charge in [0.05, 0.1) is 16.6 Å². The topological polar surface area (TPSA) is 80.0 Å². The summed E-state index contributed by atoms with van der Waals surface area (Å²) in [4.78, 5) is 16.7. The second-order valence-corrected chi connectivity index (χ2v) is 5.32. The Hall–Kier alpha value is -1.95. The molecule has 0 aliphatic carbocycles. The number of aryl methyl sites for hydroxylation is 1. The predicted octanol–water partition coefficient (Wildman–Crippen LogP) is 1.99. The van der Waals surface area contributed by atoms with Crippen LogP contribution in [0.15, 0.2) is 10.6 Å². The number of hydrogen-bond acceptors (Lipinski definition) is 5. The van der Waals surface area contributed by atoms with E-state index in [1.54, 1.807) is 6.07 Å². The van der Waals surface area contributed by atoms with Gasteiger partial charge >= 0.3 is 0 Å². The van der Waals surface area contributed by atoms with Crippen molar-refractivity contribution in [1.82, 2.24) is 20.8 Å². The summed E-state index contributed by atoms with van der Waals surface area (Å²) in [6, 6.07) is 1.79. The third-order valence-electron chi connectivity index (χ3n) is 3.23. The van der Waals surface area contributed by atoms with Crippen LogP contribution in [-0.2, 0) is 0 Å². The summed E-state index contributed by atoms with van der Waals surface area (Å²) in [6.45, 7) is 10.1. The molecule has 2 aromatic rings. The third kappa shape index (κ3) is 3.39. The van der Waals surface area contributed by atoms with Crippen molar-refractivity contribution in [3.63, 3.8) is 0 Å². The fraction of sp³-hybridized carbons (Fsp3) is 0.533. The Morgan fingerprint density at radius 1 is 1.38 bits per heavy atom.